The zero-order valence-electron chi connectivity index (χ0n) is 13.1. The van der Waals surface area contributed by atoms with Crippen LogP contribution in [0.15, 0.2) is 12.3 Å². The fraction of sp³-hybridized carbons (Fsp3) is 0.625. The number of pyridine rings is 1. The van der Waals surface area contributed by atoms with Gasteiger partial charge in [0.25, 0.3) is 0 Å². The molecule has 2 aliphatic rings. The van der Waals surface area contributed by atoms with E-state index in [0.717, 1.165) is 18.9 Å². The zero-order chi connectivity index (χ0) is 16.8. The van der Waals surface area contributed by atoms with Crippen molar-refractivity contribution < 1.29 is 22.7 Å². The SMILES string of the molecule is COc1ncc(C(F)(F)F)cc1C(=O)C1CC2CCC(C1)N2C. The molecule has 2 aliphatic heterocycles. The van der Waals surface area contributed by atoms with Crippen molar-refractivity contribution in [1.82, 2.24) is 9.88 Å². The lowest BCUT2D eigenvalue weighted by Crippen LogP contribution is -2.42. The second kappa shape index (κ2) is 5.78. The van der Waals surface area contributed by atoms with Gasteiger partial charge in [-0.1, -0.05) is 0 Å². The van der Waals surface area contributed by atoms with Crippen molar-refractivity contribution in [2.24, 2.45) is 5.92 Å². The summed E-state index contributed by atoms with van der Waals surface area (Å²) in [6, 6.07) is 1.55. The smallest absolute Gasteiger partial charge is 0.417 e. The molecule has 2 fully saturated rings. The van der Waals surface area contributed by atoms with E-state index in [2.05, 4.69) is 16.9 Å². The van der Waals surface area contributed by atoms with E-state index in [0.29, 0.717) is 31.1 Å². The number of Topliss-reactive ketones (excluding diaryl/α,β-unsaturated/α-hetero) is 1. The number of ether oxygens (including phenoxy) is 1. The average molecular weight is 328 g/mol. The Labute approximate surface area is 132 Å². The Bertz CT molecular complexity index is 604. The van der Waals surface area contributed by atoms with Gasteiger partial charge < -0.3 is 9.64 Å². The first-order chi connectivity index (χ1) is 10.8. The van der Waals surface area contributed by atoms with Crippen LogP contribution in [0, 0.1) is 5.92 Å². The highest BCUT2D eigenvalue weighted by atomic mass is 19.4. The molecule has 0 saturated carbocycles. The molecule has 0 radical (unpaired) electrons. The Morgan fingerprint density at radius 1 is 1.30 bits per heavy atom. The van der Waals surface area contributed by atoms with Crippen molar-refractivity contribution in [2.75, 3.05) is 14.2 Å². The standard InChI is InChI=1S/C16H19F3N2O2/c1-21-11-3-4-12(21)6-9(5-11)14(22)13-7-10(16(17,18)19)8-20-15(13)23-2/h7-9,11-12H,3-6H2,1-2H3. The van der Waals surface area contributed by atoms with Crippen LogP contribution >= 0.6 is 0 Å². The van der Waals surface area contributed by atoms with Gasteiger partial charge >= 0.3 is 6.18 Å². The van der Waals surface area contributed by atoms with Gasteiger partial charge in [-0.25, -0.2) is 4.98 Å². The van der Waals surface area contributed by atoms with Gasteiger partial charge in [0.1, 0.15) is 0 Å². The Kier molecular flexibility index (Phi) is 4.08. The predicted molar refractivity (Wildman–Crippen MR) is 77.4 cm³/mol. The lowest BCUT2D eigenvalue weighted by molar-refractivity contribution is -0.137. The van der Waals surface area contributed by atoms with Crippen molar-refractivity contribution in [3.63, 3.8) is 0 Å². The van der Waals surface area contributed by atoms with Crippen molar-refractivity contribution in [2.45, 2.75) is 43.9 Å². The summed E-state index contributed by atoms with van der Waals surface area (Å²) >= 11 is 0. The summed E-state index contributed by atoms with van der Waals surface area (Å²) in [4.78, 5) is 18.7. The zero-order valence-corrected chi connectivity index (χ0v) is 13.1. The fourth-order valence-corrected chi connectivity index (χ4v) is 3.79. The van der Waals surface area contributed by atoms with Crippen LogP contribution in [-0.2, 0) is 6.18 Å². The highest BCUT2D eigenvalue weighted by molar-refractivity contribution is 6.00. The van der Waals surface area contributed by atoms with E-state index in [1.165, 1.54) is 7.11 Å². The maximum Gasteiger partial charge on any atom is 0.417 e. The third kappa shape index (κ3) is 2.94. The van der Waals surface area contributed by atoms with Crippen LogP contribution in [0.4, 0.5) is 13.2 Å². The number of fused-ring (bicyclic) bond motifs is 2. The number of methoxy groups -OCH3 is 1. The Morgan fingerprint density at radius 2 is 1.91 bits per heavy atom. The van der Waals surface area contributed by atoms with Gasteiger partial charge in [-0.3, -0.25) is 4.79 Å². The number of alkyl halides is 3. The Hall–Kier alpha value is -1.63. The minimum absolute atomic E-state index is 0.0331. The molecule has 7 heteroatoms. The van der Waals surface area contributed by atoms with E-state index in [9.17, 15) is 18.0 Å². The van der Waals surface area contributed by atoms with E-state index in [-0.39, 0.29) is 23.1 Å². The molecular formula is C16H19F3N2O2. The van der Waals surface area contributed by atoms with Gasteiger partial charge in [0.2, 0.25) is 5.88 Å². The lowest BCUT2D eigenvalue weighted by Gasteiger charge is -2.35. The van der Waals surface area contributed by atoms with Gasteiger partial charge in [0, 0.05) is 24.2 Å². The number of nitrogens with zero attached hydrogens (tertiary/aromatic N) is 2. The van der Waals surface area contributed by atoms with Crippen LogP contribution < -0.4 is 4.74 Å². The molecular weight excluding hydrogens is 309 g/mol. The number of carbonyl (C=O) groups is 1. The number of carbonyl (C=O) groups excluding carboxylic acids is 1. The Morgan fingerprint density at radius 3 is 2.43 bits per heavy atom. The molecule has 0 amide bonds. The minimum atomic E-state index is -4.53. The van der Waals surface area contributed by atoms with Gasteiger partial charge in [0.05, 0.1) is 18.2 Å². The molecule has 1 aromatic heterocycles. The van der Waals surface area contributed by atoms with E-state index in [1.807, 2.05) is 0 Å². The second-order valence-corrected chi connectivity index (χ2v) is 6.36. The quantitative estimate of drug-likeness (QED) is 0.800. The van der Waals surface area contributed by atoms with Gasteiger partial charge in [-0.2, -0.15) is 13.2 Å². The average Bonchev–Trinajstić information content (AvgIpc) is 2.74. The molecule has 2 atom stereocenters. The minimum Gasteiger partial charge on any atom is -0.480 e. The molecule has 0 spiro atoms. The molecule has 23 heavy (non-hydrogen) atoms. The van der Waals surface area contributed by atoms with Crippen LogP contribution in [0.25, 0.3) is 0 Å². The third-order valence-corrected chi connectivity index (χ3v) is 5.11. The normalized spacial score (nSPS) is 28.0. The predicted octanol–water partition coefficient (Wildman–Crippen LogP) is 3.16. The summed E-state index contributed by atoms with van der Waals surface area (Å²) in [5.41, 5.74) is -0.978. The van der Waals surface area contributed by atoms with Crippen molar-refractivity contribution >= 4 is 5.78 Å². The summed E-state index contributed by atoms with van der Waals surface area (Å²) in [5.74, 6) is -0.581. The molecule has 3 rings (SSSR count). The van der Waals surface area contributed by atoms with E-state index in [4.69, 9.17) is 4.74 Å². The van der Waals surface area contributed by atoms with Crippen molar-refractivity contribution in [3.8, 4) is 5.88 Å². The molecule has 4 nitrogen and oxygen atoms in total. The summed E-state index contributed by atoms with van der Waals surface area (Å²) in [7, 11) is 3.36. The lowest BCUT2D eigenvalue weighted by atomic mass is 9.85. The fourth-order valence-electron chi connectivity index (χ4n) is 3.79. The molecule has 0 N–H and O–H groups in total. The molecule has 1 aromatic rings. The number of rotatable bonds is 3. The summed E-state index contributed by atoms with van der Waals surface area (Å²) < 4.78 is 43.7. The van der Waals surface area contributed by atoms with Crippen molar-refractivity contribution in [3.05, 3.63) is 23.4 Å². The maximum atomic E-state index is 12.9. The largest absolute Gasteiger partial charge is 0.480 e. The molecule has 2 saturated heterocycles. The van der Waals surface area contributed by atoms with Gasteiger partial charge in [-0.15, -0.1) is 0 Å². The summed E-state index contributed by atoms with van der Waals surface area (Å²) in [6.45, 7) is 0. The van der Waals surface area contributed by atoms with Crippen LogP contribution in [-0.4, -0.2) is 41.9 Å². The molecule has 0 aliphatic carbocycles. The van der Waals surface area contributed by atoms with E-state index >= 15 is 0 Å². The summed E-state index contributed by atoms with van der Waals surface area (Å²) in [6.07, 6.45) is -0.365. The van der Waals surface area contributed by atoms with Crippen LogP contribution in [0.2, 0.25) is 0 Å². The highest BCUT2D eigenvalue weighted by Crippen LogP contribution is 2.40. The number of aromatic nitrogens is 1. The number of ketones is 1. The molecule has 126 valence electrons. The van der Waals surface area contributed by atoms with E-state index < -0.39 is 11.7 Å². The topological polar surface area (TPSA) is 42.4 Å². The first kappa shape index (κ1) is 16.2. The Balaban J connectivity index is 1.90. The van der Waals surface area contributed by atoms with E-state index in [1.54, 1.807) is 0 Å². The molecule has 0 aromatic carbocycles. The van der Waals surface area contributed by atoms with Crippen LogP contribution in [0.1, 0.15) is 41.6 Å². The number of hydrogen-bond acceptors (Lipinski definition) is 4. The first-order valence-corrected chi connectivity index (χ1v) is 7.68. The highest BCUT2D eigenvalue weighted by Gasteiger charge is 2.42. The third-order valence-electron chi connectivity index (χ3n) is 5.11. The summed E-state index contributed by atoms with van der Waals surface area (Å²) in [5, 5.41) is 0. The van der Waals surface area contributed by atoms with Gasteiger partial charge in [-0.05, 0) is 38.8 Å². The number of halogens is 3. The van der Waals surface area contributed by atoms with Gasteiger partial charge in [0.15, 0.2) is 5.78 Å². The van der Waals surface area contributed by atoms with Crippen LogP contribution in [0.5, 0.6) is 5.88 Å². The van der Waals surface area contributed by atoms with Crippen molar-refractivity contribution in [1.29, 1.82) is 0 Å². The molecule has 2 bridgehead atoms. The maximum absolute atomic E-state index is 12.9. The number of hydrogen-bond donors (Lipinski definition) is 0. The van der Waals surface area contributed by atoms with Crippen LogP contribution in [0.3, 0.4) is 0 Å². The first-order valence-electron chi connectivity index (χ1n) is 7.68. The monoisotopic (exact) mass is 328 g/mol. The molecule has 3 heterocycles. The second-order valence-electron chi connectivity index (χ2n) is 6.36. The molecule has 2 unspecified atom stereocenters. The number of piperidine rings is 1.